The summed E-state index contributed by atoms with van der Waals surface area (Å²) in [6.45, 7) is 0. The van der Waals surface area contributed by atoms with Crippen LogP contribution in [0.25, 0.3) is 0 Å². The molecule has 1 atom stereocenters. The smallest absolute Gasteiger partial charge is 0.276 e. The van der Waals surface area contributed by atoms with Gasteiger partial charge in [-0.25, -0.2) is 8.42 Å². The number of carbonyl (C=O) groups excluding carboxylic acids is 1. The zero-order chi connectivity index (χ0) is 18.3. The van der Waals surface area contributed by atoms with Crippen molar-refractivity contribution in [1.82, 2.24) is 9.78 Å². The largest absolute Gasteiger partial charge is 0.497 e. The molecule has 1 aromatic carbocycles. The van der Waals surface area contributed by atoms with Crippen LogP contribution in [0.1, 0.15) is 47.4 Å². The zero-order valence-corrected chi connectivity index (χ0v) is 15.3. The summed E-state index contributed by atoms with van der Waals surface area (Å²) >= 11 is 0. The second-order valence-corrected chi connectivity index (χ2v) is 9.14. The van der Waals surface area contributed by atoms with Gasteiger partial charge in [-0.05, 0) is 37.5 Å². The molecule has 0 bridgehead atoms. The topological polar surface area (TPSA) is 90.3 Å². The van der Waals surface area contributed by atoms with Crippen LogP contribution >= 0.6 is 0 Å². The Balaban J connectivity index is 1.58. The van der Waals surface area contributed by atoms with E-state index in [0.29, 0.717) is 29.5 Å². The SMILES string of the molecule is COc1cccc(NC(=O)c2cc(C3CC3)n([C@H]3CCS(=O)(=O)C3)n2)c1. The fourth-order valence-corrected chi connectivity index (χ4v) is 5.05. The number of anilines is 1. The van der Waals surface area contributed by atoms with E-state index >= 15 is 0 Å². The average Bonchev–Trinajstić information content (AvgIpc) is 3.26. The summed E-state index contributed by atoms with van der Waals surface area (Å²) in [7, 11) is -1.44. The quantitative estimate of drug-likeness (QED) is 0.866. The first kappa shape index (κ1) is 17.1. The van der Waals surface area contributed by atoms with E-state index in [1.54, 1.807) is 42.1 Å². The number of aromatic nitrogens is 2. The number of rotatable bonds is 5. The first-order chi connectivity index (χ1) is 12.4. The van der Waals surface area contributed by atoms with Crippen molar-refractivity contribution < 1.29 is 17.9 Å². The molecule has 1 N–H and O–H groups in total. The number of sulfone groups is 1. The third-order valence-corrected chi connectivity index (χ3v) is 6.63. The van der Waals surface area contributed by atoms with Crippen LogP contribution in [-0.4, -0.2) is 42.7 Å². The first-order valence-corrected chi connectivity index (χ1v) is 10.5. The van der Waals surface area contributed by atoms with Crippen molar-refractivity contribution in [1.29, 1.82) is 0 Å². The molecule has 0 spiro atoms. The second kappa shape index (κ2) is 6.42. The van der Waals surface area contributed by atoms with Crippen LogP contribution in [0.2, 0.25) is 0 Å². The van der Waals surface area contributed by atoms with Crippen LogP contribution in [0.5, 0.6) is 5.75 Å². The fourth-order valence-electron chi connectivity index (χ4n) is 3.36. The van der Waals surface area contributed by atoms with Gasteiger partial charge in [0.25, 0.3) is 5.91 Å². The van der Waals surface area contributed by atoms with Crippen LogP contribution in [-0.2, 0) is 9.84 Å². The third-order valence-electron chi connectivity index (χ3n) is 4.87. The summed E-state index contributed by atoms with van der Waals surface area (Å²) in [6.07, 6.45) is 2.67. The molecule has 1 saturated heterocycles. The predicted molar refractivity (Wildman–Crippen MR) is 97.5 cm³/mol. The molecule has 1 amide bonds. The molecule has 7 nitrogen and oxygen atoms in total. The lowest BCUT2D eigenvalue weighted by Crippen LogP contribution is -2.17. The molecule has 0 radical (unpaired) electrons. The summed E-state index contributed by atoms with van der Waals surface area (Å²) in [6, 6.07) is 8.75. The van der Waals surface area contributed by atoms with Crippen LogP contribution in [0, 0.1) is 0 Å². The normalized spacial score (nSPS) is 21.5. The Hall–Kier alpha value is -2.35. The molecule has 1 aliphatic carbocycles. The standard InChI is InChI=1S/C18H21N3O4S/c1-25-15-4-2-3-13(9-15)19-18(22)16-10-17(12-5-6-12)21(20-16)14-7-8-26(23,24)11-14/h2-4,9-10,12,14H,5-8,11H2,1H3,(H,19,22)/t14-/m0/s1. The Bertz CT molecular complexity index is 947. The number of ether oxygens (including phenoxy) is 1. The third kappa shape index (κ3) is 3.46. The van der Waals surface area contributed by atoms with Crippen LogP contribution < -0.4 is 10.1 Å². The van der Waals surface area contributed by atoms with E-state index in [2.05, 4.69) is 10.4 Å². The van der Waals surface area contributed by atoms with Gasteiger partial charge in [0.2, 0.25) is 0 Å². The summed E-state index contributed by atoms with van der Waals surface area (Å²) in [5.41, 5.74) is 1.92. The lowest BCUT2D eigenvalue weighted by atomic mass is 10.2. The molecule has 0 unspecified atom stereocenters. The van der Waals surface area contributed by atoms with E-state index < -0.39 is 9.84 Å². The minimum Gasteiger partial charge on any atom is -0.497 e. The Labute approximate surface area is 152 Å². The van der Waals surface area contributed by atoms with Gasteiger partial charge in [0.15, 0.2) is 15.5 Å². The molecule has 2 fully saturated rings. The van der Waals surface area contributed by atoms with Gasteiger partial charge in [-0.15, -0.1) is 0 Å². The molecule has 2 aromatic rings. The van der Waals surface area contributed by atoms with Gasteiger partial charge in [-0.2, -0.15) is 5.10 Å². The highest BCUT2D eigenvalue weighted by atomic mass is 32.2. The number of methoxy groups -OCH3 is 1. The van der Waals surface area contributed by atoms with E-state index in [4.69, 9.17) is 4.74 Å². The number of nitrogens with zero attached hydrogens (tertiary/aromatic N) is 2. The number of hydrogen-bond donors (Lipinski definition) is 1. The lowest BCUT2D eigenvalue weighted by Gasteiger charge is -2.12. The monoisotopic (exact) mass is 375 g/mol. The molecule has 1 saturated carbocycles. The Morgan fingerprint density at radius 1 is 1.27 bits per heavy atom. The molecule has 26 heavy (non-hydrogen) atoms. The van der Waals surface area contributed by atoms with E-state index in [9.17, 15) is 13.2 Å². The second-order valence-electron chi connectivity index (χ2n) is 6.92. The van der Waals surface area contributed by atoms with Gasteiger partial charge in [0.1, 0.15) is 5.75 Å². The van der Waals surface area contributed by atoms with Crippen molar-refractivity contribution in [3.8, 4) is 5.75 Å². The molecule has 1 aliphatic heterocycles. The predicted octanol–water partition coefficient (Wildman–Crippen LogP) is 2.38. The molecule has 2 heterocycles. The highest BCUT2D eigenvalue weighted by molar-refractivity contribution is 7.91. The number of carbonyl (C=O) groups is 1. The maximum absolute atomic E-state index is 12.6. The van der Waals surface area contributed by atoms with Crippen molar-refractivity contribution in [3.63, 3.8) is 0 Å². The minimum atomic E-state index is -3.01. The van der Waals surface area contributed by atoms with Gasteiger partial charge in [0.05, 0.1) is 24.7 Å². The van der Waals surface area contributed by atoms with Gasteiger partial charge < -0.3 is 10.1 Å². The van der Waals surface area contributed by atoms with Gasteiger partial charge in [-0.1, -0.05) is 6.07 Å². The van der Waals surface area contributed by atoms with E-state index in [1.807, 2.05) is 0 Å². The zero-order valence-electron chi connectivity index (χ0n) is 14.5. The summed E-state index contributed by atoms with van der Waals surface area (Å²) in [5.74, 6) is 1.02. The Kier molecular flexibility index (Phi) is 4.22. The van der Waals surface area contributed by atoms with Crippen LogP contribution in [0.4, 0.5) is 5.69 Å². The van der Waals surface area contributed by atoms with Crippen molar-refractivity contribution in [2.75, 3.05) is 23.9 Å². The lowest BCUT2D eigenvalue weighted by molar-refractivity contribution is 0.102. The van der Waals surface area contributed by atoms with Gasteiger partial charge in [-0.3, -0.25) is 9.48 Å². The molecule has 8 heteroatoms. The van der Waals surface area contributed by atoms with Crippen molar-refractivity contribution in [2.45, 2.75) is 31.2 Å². The van der Waals surface area contributed by atoms with Crippen LogP contribution in [0.3, 0.4) is 0 Å². The maximum Gasteiger partial charge on any atom is 0.276 e. The van der Waals surface area contributed by atoms with Crippen molar-refractivity contribution in [3.05, 3.63) is 41.7 Å². The number of hydrogen-bond acceptors (Lipinski definition) is 5. The number of benzene rings is 1. The molecule has 138 valence electrons. The molecular weight excluding hydrogens is 354 g/mol. The average molecular weight is 375 g/mol. The van der Waals surface area contributed by atoms with E-state index in [1.165, 1.54) is 0 Å². The number of amides is 1. The van der Waals surface area contributed by atoms with Gasteiger partial charge >= 0.3 is 0 Å². The first-order valence-electron chi connectivity index (χ1n) is 8.70. The minimum absolute atomic E-state index is 0.103. The Morgan fingerprint density at radius 3 is 2.73 bits per heavy atom. The highest BCUT2D eigenvalue weighted by Gasteiger charge is 2.36. The van der Waals surface area contributed by atoms with Crippen molar-refractivity contribution >= 4 is 21.4 Å². The summed E-state index contributed by atoms with van der Waals surface area (Å²) < 4.78 is 30.6. The molecule has 2 aliphatic rings. The van der Waals surface area contributed by atoms with Crippen molar-refractivity contribution in [2.24, 2.45) is 0 Å². The molecule has 1 aromatic heterocycles. The number of nitrogens with one attached hydrogen (secondary N) is 1. The van der Waals surface area contributed by atoms with Gasteiger partial charge in [0, 0.05) is 23.4 Å². The molecule has 4 rings (SSSR count). The fraction of sp³-hybridized carbons (Fsp3) is 0.444. The van der Waals surface area contributed by atoms with E-state index in [0.717, 1.165) is 18.5 Å². The van der Waals surface area contributed by atoms with E-state index in [-0.39, 0.29) is 23.5 Å². The highest BCUT2D eigenvalue weighted by Crippen LogP contribution is 2.42. The summed E-state index contributed by atoms with van der Waals surface area (Å²) in [4.78, 5) is 12.6. The Morgan fingerprint density at radius 2 is 2.08 bits per heavy atom. The summed E-state index contributed by atoms with van der Waals surface area (Å²) in [5, 5.41) is 7.29. The van der Waals surface area contributed by atoms with Crippen LogP contribution in [0.15, 0.2) is 30.3 Å². The maximum atomic E-state index is 12.6. The molecular formula is C18H21N3O4S.